The van der Waals surface area contributed by atoms with Crippen molar-refractivity contribution in [3.05, 3.63) is 39.1 Å². The lowest BCUT2D eigenvalue weighted by Crippen LogP contribution is -2.19. The van der Waals surface area contributed by atoms with E-state index in [9.17, 15) is 9.59 Å². The zero-order chi connectivity index (χ0) is 14.3. The molecule has 0 bridgehead atoms. The van der Waals surface area contributed by atoms with Crippen molar-refractivity contribution in [3.63, 3.8) is 0 Å². The van der Waals surface area contributed by atoms with E-state index >= 15 is 0 Å². The Morgan fingerprint density at radius 2 is 2.30 bits per heavy atom. The summed E-state index contributed by atoms with van der Waals surface area (Å²) in [5.41, 5.74) is 2.47. The highest BCUT2D eigenvalue weighted by Crippen LogP contribution is 2.25. The largest absolute Gasteiger partial charge is 0.480 e. The number of aliphatic carboxylic acids is 1. The SMILES string of the molecule is Cc1nc(-c2ccc3c(c2)oc(=O)n3CC(=O)O)cs1. The standard InChI is InChI=1S/C13H10N2O4S/c1-7-14-9(6-20-7)8-2-3-10-11(4-8)19-13(18)15(10)5-12(16)17/h2-4,6H,5H2,1H3,(H,16,17). The van der Waals surface area contributed by atoms with Crippen molar-refractivity contribution in [2.45, 2.75) is 13.5 Å². The van der Waals surface area contributed by atoms with Crippen molar-refractivity contribution in [3.8, 4) is 11.3 Å². The Hall–Kier alpha value is -2.41. The molecule has 0 amide bonds. The molecule has 0 saturated carbocycles. The van der Waals surface area contributed by atoms with Gasteiger partial charge in [0, 0.05) is 10.9 Å². The van der Waals surface area contributed by atoms with Crippen LogP contribution in [0.1, 0.15) is 5.01 Å². The Kier molecular flexibility index (Phi) is 2.90. The Morgan fingerprint density at radius 3 is 2.95 bits per heavy atom. The third-order valence-electron chi connectivity index (χ3n) is 2.88. The maximum atomic E-state index is 11.6. The van der Waals surface area contributed by atoms with Gasteiger partial charge < -0.3 is 9.52 Å². The molecule has 6 nitrogen and oxygen atoms in total. The lowest BCUT2D eigenvalue weighted by atomic mass is 10.1. The van der Waals surface area contributed by atoms with Crippen molar-refractivity contribution in [1.29, 1.82) is 0 Å². The first-order valence-corrected chi connectivity index (χ1v) is 6.70. The van der Waals surface area contributed by atoms with Crippen LogP contribution < -0.4 is 5.76 Å². The van der Waals surface area contributed by atoms with E-state index in [2.05, 4.69) is 4.98 Å². The van der Waals surface area contributed by atoms with E-state index in [1.165, 1.54) is 11.3 Å². The van der Waals surface area contributed by atoms with Gasteiger partial charge in [0.1, 0.15) is 6.54 Å². The first kappa shape index (κ1) is 12.6. The monoisotopic (exact) mass is 290 g/mol. The molecule has 3 rings (SSSR count). The molecule has 20 heavy (non-hydrogen) atoms. The highest BCUT2D eigenvalue weighted by molar-refractivity contribution is 7.09. The van der Waals surface area contributed by atoms with Crippen LogP contribution in [-0.2, 0) is 11.3 Å². The number of rotatable bonds is 3. The lowest BCUT2D eigenvalue weighted by Gasteiger charge is -1.99. The zero-order valence-corrected chi connectivity index (χ0v) is 11.3. The van der Waals surface area contributed by atoms with Crippen molar-refractivity contribution in [2.24, 2.45) is 0 Å². The van der Waals surface area contributed by atoms with Gasteiger partial charge in [-0.05, 0) is 19.1 Å². The van der Waals surface area contributed by atoms with Crippen molar-refractivity contribution in [2.75, 3.05) is 0 Å². The minimum absolute atomic E-state index is 0.361. The van der Waals surface area contributed by atoms with E-state index in [-0.39, 0.29) is 0 Å². The third kappa shape index (κ3) is 2.12. The van der Waals surface area contributed by atoms with Crippen LogP contribution in [0.5, 0.6) is 0 Å². The Bertz CT molecular complexity index is 859. The van der Waals surface area contributed by atoms with Crippen LogP contribution in [0.3, 0.4) is 0 Å². The zero-order valence-electron chi connectivity index (χ0n) is 10.5. The fourth-order valence-corrected chi connectivity index (χ4v) is 2.63. The first-order valence-electron chi connectivity index (χ1n) is 5.82. The minimum atomic E-state index is -1.09. The van der Waals surface area contributed by atoms with Crippen LogP contribution in [0.25, 0.3) is 22.4 Å². The lowest BCUT2D eigenvalue weighted by molar-refractivity contribution is -0.137. The molecule has 0 spiro atoms. The first-order chi connectivity index (χ1) is 9.54. The van der Waals surface area contributed by atoms with Gasteiger partial charge in [-0.2, -0.15) is 0 Å². The van der Waals surface area contributed by atoms with Gasteiger partial charge in [-0.25, -0.2) is 9.78 Å². The summed E-state index contributed by atoms with van der Waals surface area (Å²) in [4.78, 5) is 26.8. The highest BCUT2D eigenvalue weighted by atomic mass is 32.1. The van der Waals surface area contributed by atoms with E-state index in [4.69, 9.17) is 9.52 Å². The normalized spacial score (nSPS) is 11.1. The van der Waals surface area contributed by atoms with E-state index in [0.29, 0.717) is 11.1 Å². The number of fused-ring (bicyclic) bond motifs is 1. The van der Waals surface area contributed by atoms with Gasteiger partial charge in [0.25, 0.3) is 0 Å². The molecule has 0 aliphatic rings. The molecule has 3 aromatic rings. The number of aromatic nitrogens is 2. The number of thiazole rings is 1. The number of hydrogen-bond acceptors (Lipinski definition) is 5. The van der Waals surface area contributed by atoms with Gasteiger partial charge in [-0.15, -0.1) is 11.3 Å². The van der Waals surface area contributed by atoms with Gasteiger partial charge in [0.15, 0.2) is 5.58 Å². The summed E-state index contributed by atoms with van der Waals surface area (Å²) in [6.45, 7) is 1.50. The molecule has 0 fully saturated rings. The average molecular weight is 290 g/mol. The second kappa shape index (κ2) is 4.61. The predicted octanol–water partition coefficient (Wildman–Crippen LogP) is 2.11. The molecule has 7 heteroatoms. The maximum Gasteiger partial charge on any atom is 0.420 e. The molecule has 102 valence electrons. The summed E-state index contributed by atoms with van der Waals surface area (Å²) in [5, 5.41) is 11.7. The predicted molar refractivity (Wildman–Crippen MR) is 74.0 cm³/mol. The smallest absolute Gasteiger partial charge is 0.420 e. The fourth-order valence-electron chi connectivity index (χ4n) is 2.01. The molecule has 1 N–H and O–H groups in total. The highest BCUT2D eigenvalue weighted by Gasteiger charge is 2.13. The second-order valence-corrected chi connectivity index (χ2v) is 5.34. The van der Waals surface area contributed by atoms with Crippen molar-refractivity contribution < 1.29 is 14.3 Å². The maximum absolute atomic E-state index is 11.6. The van der Waals surface area contributed by atoms with Gasteiger partial charge >= 0.3 is 11.7 Å². The number of hydrogen-bond donors (Lipinski definition) is 1. The molecule has 0 atom stereocenters. The number of carboxylic acid groups (broad SMARTS) is 1. The molecule has 0 radical (unpaired) electrons. The second-order valence-electron chi connectivity index (χ2n) is 4.28. The quantitative estimate of drug-likeness (QED) is 0.798. The summed E-state index contributed by atoms with van der Waals surface area (Å²) < 4.78 is 6.18. The molecule has 0 saturated heterocycles. The Balaban J connectivity index is 2.13. The number of carboxylic acids is 1. The summed E-state index contributed by atoms with van der Waals surface area (Å²) in [6, 6.07) is 5.17. The van der Waals surface area contributed by atoms with Crippen LogP contribution in [-0.4, -0.2) is 20.6 Å². The molecular formula is C13H10N2O4S. The van der Waals surface area contributed by atoms with Gasteiger partial charge in [0.2, 0.25) is 0 Å². The number of aryl methyl sites for hydroxylation is 1. The topological polar surface area (TPSA) is 85.3 Å². The van der Waals surface area contributed by atoms with Crippen LogP contribution in [0.2, 0.25) is 0 Å². The van der Waals surface area contributed by atoms with Crippen molar-refractivity contribution in [1.82, 2.24) is 9.55 Å². The van der Waals surface area contributed by atoms with Crippen molar-refractivity contribution >= 4 is 28.4 Å². The summed E-state index contributed by atoms with van der Waals surface area (Å²) in [7, 11) is 0. The van der Waals surface area contributed by atoms with E-state index in [1.807, 2.05) is 12.3 Å². The van der Waals surface area contributed by atoms with E-state index < -0.39 is 18.3 Å². The van der Waals surface area contributed by atoms with E-state index in [1.54, 1.807) is 18.2 Å². The number of benzene rings is 1. The van der Waals surface area contributed by atoms with Crippen LogP contribution in [0, 0.1) is 6.92 Å². The fraction of sp³-hybridized carbons (Fsp3) is 0.154. The molecule has 2 heterocycles. The molecular weight excluding hydrogens is 280 g/mol. The number of carbonyl (C=O) groups is 1. The molecule has 2 aromatic heterocycles. The summed E-state index contributed by atoms with van der Waals surface area (Å²) >= 11 is 1.54. The van der Waals surface area contributed by atoms with Gasteiger partial charge in [0.05, 0.1) is 16.2 Å². The van der Waals surface area contributed by atoms with E-state index in [0.717, 1.165) is 20.8 Å². The summed E-state index contributed by atoms with van der Waals surface area (Å²) in [6.07, 6.45) is 0. The Morgan fingerprint density at radius 1 is 1.50 bits per heavy atom. The Labute approximate surface area is 116 Å². The molecule has 0 aliphatic heterocycles. The molecule has 0 aliphatic carbocycles. The molecule has 1 aromatic carbocycles. The van der Waals surface area contributed by atoms with Gasteiger partial charge in [-0.3, -0.25) is 9.36 Å². The number of nitrogens with zero attached hydrogens (tertiary/aromatic N) is 2. The van der Waals surface area contributed by atoms with Crippen LogP contribution >= 0.6 is 11.3 Å². The molecule has 0 unspecified atom stereocenters. The third-order valence-corrected chi connectivity index (χ3v) is 3.65. The summed E-state index contributed by atoms with van der Waals surface area (Å²) in [5.74, 6) is -1.76. The minimum Gasteiger partial charge on any atom is -0.480 e. The number of oxazole rings is 1. The van der Waals surface area contributed by atoms with Crippen LogP contribution in [0.4, 0.5) is 0 Å². The van der Waals surface area contributed by atoms with Crippen LogP contribution in [0.15, 0.2) is 32.8 Å². The van der Waals surface area contributed by atoms with Gasteiger partial charge in [-0.1, -0.05) is 6.07 Å². The average Bonchev–Trinajstić information content (AvgIpc) is 2.94.